The lowest BCUT2D eigenvalue weighted by molar-refractivity contribution is -0.121. The van der Waals surface area contributed by atoms with Crippen molar-refractivity contribution >= 4 is 15.9 Å². The molecule has 8 heteroatoms. The normalized spacial score (nSPS) is 11.3. The standard InChI is InChI=1S/C19H24N2O5S/c1-4-21(27(23,24)18-11-9-17(26-3)10-12-18)14-19(22)20-13-15-5-7-16(25-2)8-6-15/h5-12H,4,13-14H2,1-3H3,(H,20,22). The summed E-state index contributed by atoms with van der Waals surface area (Å²) >= 11 is 0. The number of carbonyl (C=O) groups excluding carboxylic acids is 1. The van der Waals surface area contributed by atoms with Gasteiger partial charge in [0.05, 0.1) is 25.7 Å². The summed E-state index contributed by atoms with van der Waals surface area (Å²) < 4.78 is 36.7. The van der Waals surface area contributed by atoms with E-state index in [-0.39, 0.29) is 23.9 Å². The first-order valence-corrected chi connectivity index (χ1v) is 9.88. The zero-order chi connectivity index (χ0) is 19.9. The third-order valence-electron chi connectivity index (χ3n) is 4.02. The third-order valence-corrected chi connectivity index (χ3v) is 5.95. The predicted octanol–water partition coefficient (Wildman–Crippen LogP) is 2.03. The number of methoxy groups -OCH3 is 2. The number of amides is 1. The predicted molar refractivity (Wildman–Crippen MR) is 102 cm³/mol. The van der Waals surface area contributed by atoms with Crippen molar-refractivity contribution in [2.45, 2.75) is 18.4 Å². The molecule has 7 nitrogen and oxygen atoms in total. The Hall–Kier alpha value is -2.58. The van der Waals surface area contributed by atoms with Crippen molar-refractivity contribution in [3.8, 4) is 11.5 Å². The number of rotatable bonds is 9. The molecule has 146 valence electrons. The summed E-state index contributed by atoms with van der Waals surface area (Å²) in [6, 6.07) is 13.4. The van der Waals surface area contributed by atoms with Crippen LogP contribution in [-0.4, -0.2) is 45.9 Å². The monoisotopic (exact) mass is 392 g/mol. The van der Waals surface area contributed by atoms with Crippen LogP contribution in [0, 0.1) is 0 Å². The van der Waals surface area contributed by atoms with Crippen LogP contribution in [0.1, 0.15) is 12.5 Å². The first kappa shape index (κ1) is 20.7. The third kappa shape index (κ3) is 5.45. The molecule has 0 radical (unpaired) electrons. The Balaban J connectivity index is 2.00. The van der Waals surface area contributed by atoms with Gasteiger partial charge in [-0.3, -0.25) is 4.79 Å². The topological polar surface area (TPSA) is 84.9 Å². The first-order valence-electron chi connectivity index (χ1n) is 8.44. The number of benzene rings is 2. The highest BCUT2D eigenvalue weighted by Gasteiger charge is 2.25. The molecule has 0 aliphatic heterocycles. The molecule has 0 saturated heterocycles. The van der Waals surface area contributed by atoms with Gasteiger partial charge in [-0.2, -0.15) is 4.31 Å². The Kier molecular flexibility index (Phi) is 7.20. The van der Waals surface area contributed by atoms with Crippen molar-refractivity contribution in [3.63, 3.8) is 0 Å². The fourth-order valence-corrected chi connectivity index (χ4v) is 3.83. The zero-order valence-corrected chi connectivity index (χ0v) is 16.5. The summed E-state index contributed by atoms with van der Waals surface area (Å²) in [4.78, 5) is 12.3. The number of hydrogen-bond acceptors (Lipinski definition) is 5. The van der Waals surface area contributed by atoms with E-state index in [1.165, 1.54) is 19.2 Å². The highest BCUT2D eigenvalue weighted by Crippen LogP contribution is 2.19. The van der Waals surface area contributed by atoms with Crippen molar-refractivity contribution in [1.29, 1.82) is 0 Å². The number of likely N-dealkylation sites (N-methyl/N-ethyl adjacent to an activating group) is 1. The summed E-state index contributed by atoms with van der Waals surface area (Å²) in [6.45, 7) is 1.94. The smallest absolute Gasteiger partial charge is 0.243 e. The Morgan fingerprint density at radius 1 is 0.963 bits per heavy atom. The molecule has 0 spiro atoms. The van der Waals surface area contributed by atoms with E-state index in [1.54, 1.807) is 38.3 Å². The van der Waals surface area contributed by atoms with Crippen molar-refractivity contribution in [2.24, 2.45) is 0 Å². The number of carbonyl (C=O) groups is 1. The SMILES string of the molecule is CCN(CC(=O)NCc1ccc(OC)cc1)S(=O)(=O)c1ccc(OC)cc1. The summed E-state index contributed by atoms with van der Waals surface area (Å²) in [5, 5.41) is 2.74. The second-order valence-corrected chi connectivity index (χ2v) is 7.67. The van der Waals surface area contributed by atoms with E-state index in [2.05, 4.69) is 5.32 Å². The van der Waals surface area contributed by atoms with Crippen LogP contribution in [-0.2, 0) is 21.4 Å². The Bertz CT molecular complexity index is 849. The minimum absolute atomic E-state index is 0.119. The Labute approximate surface area is 160 Å². The van der Waals surface area contributed by atoms with Crippen LogP contribution >= 0.6 is 0 Å². The molecule has 1 N–H and O–H groups in total. The summed E-state index contributed by atoms with van der Waals surface area (Å²) in [6.07, 6.45) is 0. The lowest BCUT2D eigenvalue weighted by atomic mass is 10.2. The second kappa shape index (κ2) is 9.38. The second-order valence-electron chi connectivity index (χ2n) is 5.73. The molecule has 0 unspecified atom stereocenters. The molecule has 0 bridgehead atoms. The highest BCUT2D eigenvalue weighted by atomic mass is 32.2. The lowest BCUT2D eigenvalue weighted by Gasteiger charge is -2.20. The summed E-state index contributed by atoms with van der Waals surface area (Å²) in [5.41, 5.74) is 0.894. The Morgan fingerprint density at radius 3 is 1.96 bits per heavy atom. The molecule has 27 heavy (non-hydrogen) atoms. The van der Waals surface area contributed by atoms with Gasteiger partial charge in [0.25, 0.3) is 0 Å². The van der Waals surface area contributed by atoms with Gasteiger partial charge in [0.2, 0.25) is 15.9 Å². The van der Waals surface area contributed by atoms with Crippen LogP contribution in [0.5, 0.6) is 11.5 Å². The number of ether oxygens (including phenoxy) is 2. The molecule has 0 heterocycles. The molecule has 2 aromatic carbocycles. The van der Waals surface area contributed by atoms with Gasteiger partial charge in [-0.25, -0.2) is 8.42 Å². The van der Waals surface area contributed by atoms with E-state index < -0.39 is 10.0 Å². The van der Waals surface area contributed by atoms with Crippen molar-refractivity contribution in [2.75, 3.05) is 27.3 Å². The number of nitrogens with one attached hydrogen (secondary N) is 1. The van der Waals surface area contributed by atoms with Crippen molar-refractivity contribution in [1.82, 2.24) is 9.62 Å². The minimum Gasteiger partial charge on any atom is -0.497 e. The van der Waals surface area contributed by atoms with Gasteiger partial charge in [-0.15, -0.1) is 0 Å². The average molecular weight is 392 g/mol. The van der Waals surface area contributed by atoms with E-state index in [0.717, 1.165) is 15.6 Å². The van der Waals surface area contributed by atoms with Crippen molar-refractivity contribution < 1.29 is 22.7 Å². The van der Waals surface area contributed by atoms with E-state index in [9.17, 15) is 13.2 Å². The quantitative estimate of drug-likeness (QED) is 0.706. The molecule has 0 atom stereocenters. The van der Waals surface area contributed by atoms with Crippen LogP contribution in [0.4, 0.5) is 0 Å². The molecular formula is C19H24N2O5S. The fourth-order valence-electron chi connectivity index (χ4n) is 2.42. The van der Waals surface area contributed by atoms with Crippen LogP contribution in [0.15, 0.2) is 53.4 Å². The maximum atomic E-state index is 12.7. The zero-order valence-electron chi connectivity index (χ0n) is 15.6. The van der Waals surface area contributed by atoms with Crippen LogP contribution in [0.25, 0.3) is 0 Å². The van der Waals surface area contributed by atoms with E-state index in [1.807, 2.05) is 12.1 Å². The van der Waals surface area contributed by atoms with Gasteiger partial charge < -0.3 is 14.8 Å². The molecule has 0 fully saturated rings. The molecule has 2 rings (SSSR count). The van der Waals surface area contributed by atoms with Crippen molar-refractivity contribution in [3.05, 3.63) is 54.1 Å². The minimum atomic E-state index is -3.76. The number of hydrogen-bond donors (Lipinski definition) is 1. The van der Waals surface area contributed by atoms with Gasteiger partial charge >= 0.3 is 0 Å². The largest absolute Gasteiger partial charge is 0.497 e. The van der Waals surface area contributed by atoms with Crippen LogP contribution in [0.2, 0.25) is 0 Å². The van der Waals surface area contributed by atoms with E-state index in [4.69, 9.17) is 9.47 Å². The van der Waals surface area contributed by atoms with Gasteiger partial charge in [0.1, 0.15) is 11.5 Å². The first-order chi connectivity index (χ1) is 12.9. The van der Waals surface area contributed by atoms with Gasteiger partial charge in [0, 0.05) is 13.1 Å². The summed E-state index contributed by atoms with van der Waals surface area (Å²) in [5.74, 6) is 0.923. The average Bonchev–Trinajstić information content (AvgIpc) is 2.70. The Morgan fingerprint density at radius 2 is 1.48 bits per heavy atom. The lowest BCUT2D eigenvalue weighted by Crippen LogP contribution is -2.40. The molecule has 0 saturated carbocycles. The van der Waals surface area contributed by atoms with Gasteiger partial charge in [-0.1, -0.05) is 19.1 Å². The van der Waals surface area contributed by atoms with E-state index >= 15 is 0 Å². The molecule has 2 aromatic rings. The fraction of sp³-hybridized carbons (Fsp3) is 0.316. The number of sulfonamides is 1. The van der Waals surface area contributed by atoms with Gasteiger partial charge in [-0.05, 0) is 42.0 Å². The van der Waals surface area contributed by atoms with Crippen LogP contribution in [0.3, 0.4) is 0 Å². The van der Waals surface area contributed by atoms with Crippen LogP contribution < -0.4 is 14.8 Å². The molecule has 0 aliphatic carbocycles. The van der Waals surface area contributed by atoms with Gasteiger partial charge in [0.15, 0.2) is 0 Å². The molecule has 0 aliphatic rings. The molecule has 0 aromatic heterocycles. The molecular weight excluding hydrogens is 368 g/mol. The maximum absolute atomic E-state index is 12.7. The van der Waals surface area contributed by atoms with E-state index in [0.29, 0.717) is 12.3 Å². The highest BCUT2D eigenvalue weighted by molar-refractivity contribution is 7.89. The maximum Gasteiger partial charge on any atom is 0.243 e. The number of nitrogens with zero attached hydrogens (tertiary/aromatic N) is 1. The summed E-state index contributed by atoms with van der Waals surface area (Å²) in [7, 11) is -0.671. The molecule has 1 amide bonds.